The molecule has 1 aliphatic heterocycles. The molecular weight excluding hydrogens is 331 g/mol. The van der Waals surface area contributed by atoms with Crippen molar-refractivity contribution in [3.8, 4) is 0 Å². The zero-order valence-electron chi connectivity index (χ0n) is 13.5. The molecule has 0 unspecified atom stereocenters. The number of alkyl halides is 3. The topological polar surface area (TPSA) is 49.6 Å². The number of halogens is 3. The van der Waals surface area contributed by atoms with E-state index >= 15 is 0 Å². The number of anilines is 2. The van der Waals surface area contributed by atoms with Gasteiger partial charge >= 0.3 is 6.18 Å². The van der Waals surface area contributed by atoms with Gasteiger partial charge in [-0.15, -0.1) is 0 Å². The van der Waals surface area contributed by atoms with Gasteiger partial charge in [-0.1, -0.05) is 0 Å². The number of nitrogens with two attached hydrogens (primary N) is 1. The highest BCUT2D eigenvalue weighted by molar-refractivity contribution is 5.94. The number of hydrogen-bond acceptors (Lipinski definition) is 3. The molecule has 0 radical (unpaired) electrons. The van der Waals surface area contributed by atoms with Gasteiger partial charge in [-0.2, -0.15) is 13.2 Å². The van der Waals surface area contributed by atoms with Gasteiger partial charge in [0.05, 0.1) is 5.56 Å². The summed E-state index contributed by atoms with van der Waals surface area (Å²) in [5, 5.41) is 0. The number of piperazine rings is 1. The van der Waals surface area contributed by atoms with Gasteiger partial charge in [-0.3, -0.25) is 4.79 Å². The normalized spacial score (nSPS) is 15.3. The fourth-order valence-corrected chi connectivity index (χ4v) is 2.84. The van der Waals surface area contributed by atoms with Crippen molar-refractivity contribution in [3.63, 3.8) is 0 Å². The van der Waals surface area contributed by atoms with E-state index in [9.17, 15) is 18.0 Å². The summed E-state index contributed by atoms with van der Waals surface area (Å²) in [6.45, 7) is 2.19. The Hall–Kier alpha value is -2.70. The van der Waals surface area contributed by atoms with E-state index in [1.54, 1.807) is 29.2 Å². The molecule has 0 bridgehead atoms. The SMILES string of the molecule is Nc1ccc(C(=O)N2CCN(c3ccc(C(F)(F)F)cc3)CC2)cc1. The van der Waals surface area contributed by atoms with Crippen LogP contribution in [-0.2, 0) is 6.18 Å². The van der Waals surface area contributed by atoms with Gasteiger partial charge in [-0.25, -0.2) is 0 Å². The summed E-state index contributed by atoms with van der Waals surface area (Å²) in [6, 6.07) is 11.9. The summed E-state index contributed by atoms with van der Waals surface area (Å²) >= 11 is 0. The molecular formula is C18H18F3N3O. The second-order valence-electron chi connectivity index (χ2n) is 5.95. The van der Waals surface area contributed by atoms with E-state index in [0.29, 0.717) is 37.4 Å². The molecule has 0 aromatic heterocycles. The summed E-state index contributed by atoms with van der Waals surface area (Å²) in [6.07, 6.45) is -4.33. The van der Waals surface area contributed by atoms with Gasteiger partial charge in [0.1, 0.15) is 0 Å². The first-order valence-corrected chi connectivity index (χ1v) is 7.91. The van der Waals surface area contributed by atoms with Gasteiger partial charge in [0.25, 0.3) is 5.91 Å². The lowest BCUT2D eigenvalue weighted by Gasteiger charge is -2.36. The molecule has 3 rings (SSSR count). The van der Waals surface area contributed by atoms with Crippen LogP contribution in [-0.4, -0.2) is 37.0 Å². The first-order chi connectivity index (χ1) is 11.8. The lowest BCUT2D eigenvalue weighted by atomic mass is 10.1. The minimum absolute atomic E-state index is 0.0629. The van der Waals surface area contributed by atoms with E-state index in [1.165, 1.54) is 12.1 Å². The van der Waals surface area contributed by atoms with Gasteiger partial charge in [-0.05, 0) is 48.5 Å². The zero-order chi connectivity index (χ0) is 18.0. The number of benzene rings is 2. The van der Waals surface area contributed by atoms with Crippen molar-refractivity contribution in [3.05, 3.63) is 59.7 Å². The van der Waals surface area contributed by atoms with Crippen molar-refractivity contribution in [1.29, 1.82) is 0 Å². The molecule has 25 heavy (non-hydrogen) atoms. The summed E-state index contributed by atoms with van der Waals surface area (Å²) in [5.41, 5.74) is 6.88. The highest BCUT2D eigenvalue weighted by Crippen LogP contribution is 2.30. The Morgan fingerprint density at radius 3 is 1.96 bits per heavy atom. The van der Waals surface area contributed by atoms with E-state index in [4.69, 9.17) is 5.73 Å². The van der Waals surface area contributed by atoms with E-state index in [-0.39, 0.29) is 5.91 Å². The van der Waals surface area contributed by atoms with Crippen LogP contribution in [0, 0.1) is 0 Å². The van der Waals surface area contributed by atoms with Crippen LogP contribution in [0.25, 0.3) is 0 Å². The Kier molecular flexibility index (Phi) is 4.57. The molecule has 2 aromatic rings. The summed E-state index contributed by atoms with van der Waals surface area (Å²) in [5.74, 6) is -0.0629. The lowest BCUT2D eigenvalue weighted by molar-refractivity contribution is -0.137. The van der Waals surface area contributed by atoms with E-state index in [2.05, 4.69) is 0 Å². The fraction of sp³-hybridized carbons (Fsp3) is 0.278. The molecule has 0 aliphatic carbocycles. The highest BCUT2D eigenvalue weighted by atomic mass is 19.4. The van der Waals surface area contributed by atoms with Gasteiger partial charge in [0, 0.05) is 43.1 Å². The van der Waals surface area contributed by atoms with Gasteiger partial charge in [0.2, 0.25) is 0 Å². The maximum Gasteiger partial charge on any atom is 0.416 e. The predicted molar refractivity (Wildman–Crippen MR) is 90.4 cm³/mol. The van der Waals surface area contributed by atoms with Crippen LogP contribution in [0.4, 0.5) is 24.5 Å². The van der Waals surface area contributed by atoms with E-state index in [0.717, 1.165) is 17.8 Å². The Morgan fingerprint density at radius 1 is 0.880 bits per heavy atom. The average Bonchev–Trinajstić information content (AvgIpc) is 2.61. The summed E-state index contributed by atoms with van der Waals surface area (Å²) < 4.78 is 37.9. The average molecular weight is 349 g/mol. The molecule has 1 fully saturated rings. The molecule has 0 saturated carbocycles. The van der Waals surface area contributed by atoms with Crippen LogP contribution < -0.4 is 10.6 Å². The first-order valence-electron chi connectivity index (χ1n) is 7.91. The van der Waals surface area contributed by atoms with Crippen molar-refractivity contribution in [2.24, 2.45) is 0 Å². The second kappa shape index (κ2) is 6.66. The van der Waals surface area contributed by atoms with Crippen molar-refractivity contribution in [2.45, 2.75) is 6.18 Å². The van der Waals surface area contributed by atoms with Crippen molar-refractivity contribution >= 4 is 17.3 Å². The van der Waals surface area contributed by atoms with Gasteiger partial charge in [0.15, 0.2) is 0 Å². The van der Waals surface area contributed by atoms with Crippen molar-refractivity contribution < 1.29 is 18.0 Å². The molecule has 2 N–H and O–H groups in total. The molecule has 0 atom stereocenters. The van der Waals surface area contributed by atoms with Crippen LogP contribution in [0.2, 0.25) is 0 Å². The zero-order valence-corrected chi connectivity index (χ0v) is 13.5. The Morgan fingerprint density at radius 2 is 1.44 bits per heavy atom. The Labute approximate surface area is 143 Å². The largest absolute Gasteiger partial charge is 0.416 e. The second-order valence-corrected chi connectivity index (χ2v) is 5.95. The van der Waals surface area contributed by atoms with E-state index < -0.39 is 11.7 Å². The number of amides is 1. The smallest absolute Gasteiger partial charge is 0.399 e. The van der Waals surface area contributed by atoms with Crippen LogP contribution in [0.5, 0.6) is 0 Å². The molecule has 0 spiro atoms. The third kappa shape index (κ3) is 3.87. The maximum absolute atomic E-state index is 12.6. The van der Waals surface area contributed by atoms with Crippen LogP contribution in [0.3, 0.4) is 0 Å². The fourth-order valence-electron chi connectivity index (χ4n) is 2.84. The molecule has 132 valence electrons. The molecule has 4 nitrogen and oxygen atoms in total. The van der Waals surface area contributed by atoms with Crippen LogP contribution >= 0.6 is 0 Å². The molecule has 1 aliphatic rings. The monoisotopic (exact) mass is 349 g/mol. The molecule has 7 heteroatoms. The molecule has 1 amide bonds. The minimum Gasteiger partial charge on any atom is -0.399 e. The quantitative estimate of drug-likeness (QED) is 0.847. The van der Waals surface area contributed by atoms with E-state index in [1.807, 2.05) is 4.90 Å². The Balaban J connectivity index is 1.61. The molecule has 1 heterocycles. The van der Waals surface area contributed by atoms with Crippen molar-refractivity contribution in [1.82, 2.24) is 4.90 Å². The van der Waals surface area contributed by atoms with Crippen LogP contribution in [0.1, 0.15) is 15.9 Å². The number of hydrogen-bond donors (Lipinski definition) is 1. The number of carbonyl (C=O) groups excluding carboxylic acids is 1. The van der Waals surface area contributed by atoms with Gasteiger partial charge < -0.3 is 15.5 Å². The third-order valence-electron chi connectivity index (χ3n) is 4.28. The number of carbonyl (C=O) groups is 1. The third-order valence-corrected chi connectivity index (χ3v) is 4.28. The predicted octanol–water partition coefficient (Wildman–Crippen LogP) is 3.25. The Bertz CT molecular complexity index is 734. The van der Waals surface area contributed by atoms with Crippen molar-refractivity contribution in [2.75, 3.05) is 36.8 Å². The number of nitrogens with zero attached hydrogens (tertiary/aromatic N) is 2. The number of rotatable bonds is 2. The first kappa shape index (κ1) is 17.1. The lowest BCUT2D eigenvalue weighted by Crippen LogP contribution is -2.48. The molecule has 1 saturated heterocycles. The molecule has 2 aromatic carbocycles. The highest BCUT2D eigenvalue weighted by Gasteiger charge is 2.30. The maximum atomic E-state index is 12.6. The standard InChI is InChI=1S/C18H18F3N3O/c19-18(20,21)14-3-7-16(8-4-14)23-9-11-24(12-10-23)17(25)13-1-5-15(22)6-2-13/h1-8H,9-12,22H2. The van der Waals surface area contributed by atoms with Crippen LogP contribution in [0.15, 0.2) is 48.5 Å². The minimum atomic E-state index is -4.33. The summed E-state index contributed by atoms with van der Waals surface area (Å²) in [4.78, 5) is 16.2. The number of nitrogen functional groups attached to an aromatic ring is 1. The summed E-state index contributed by atoms with van der Waals surface area (Å²) in [7, 11) is 0.